The first-order chi connectivity index (χ1) is 18.7. The second-order valence-electron chi connectivity index (χ2n) is 10.6. The van der Waals surface area contributed by atoms with Crippen LogP contribution in [0.1, 0.15) is 89.3 Å². The van der Waals surface area contributed by atoms with Crippen LogP contribution in [0, 0.1) is 0 Å². The molecule has 1 fully saturated rings. The van der Waals surface area contributed by atoms with Gasteiger partial charge in [0, 0.05) is 36.8 Å². The van der Waals surface area contributed by atoms with Crippen LogP contribution < -0.4 is 5.32 Å². The number of carbonyl (C=O) groups is 1. The predicted octanol–water partition coefficient (Wildman–Crippen LogP) is 7.62. The van der Waals surface area contributed by atoms with Crippen molar-refractivity contribution in [2.75, 3.05) is 19.6 Å². The zero-order valence-electron chi connectivity index (χ0n) is 23.2. The lowest BCUT2D eigenvalue weighted by molar-refractivity contribution is -0.137. The molecule has 1 aromatic carbocycles. The minimum Gasteiger partial charge on any atom is -0.478 e. The van der Waals surface area contributed by atoms with Gasteiger partial charge in [-0.25, -0.2) is 0 Å². The maximum Gasteiger partial charge on any atom is 0.416 e. The van der Waals surface area contributed by atoms with Gasteiger partial charge in [0.25, 0.3) is 0 Å². The van der Waals surface area contributed by atoms with Crippen LogP contribution in [0.5, 0.6) is 0 Å². The Bertz CT molecular complexity index is 1170. The molecule has 0 radical (unpaired) electrons. The van der Waals surface area contributed by atoms with Crippen LogP contribution in [0.2, 0.25) is 0 Å². The average Bonchev–Trinajstić information content (AvgIpc) is 3.16. The fourth-order valence-corrected chi connectivity index (χ4v) is 6.54. The molecule has 2 aromatic rings. The summed E-state index contributed by atoms with van der Waals surface area (Å²) in [6.07, 6.45) is 6.12. The summed E-state index contributed by atoms with van der Waals surface area (Å²) in [6.45, 7) is 8.23. The largest absolute Gasteiger partial charge is 0.478 e. The van der Waals surface area contributed by atoms with Gasteiger partial charge in [-0.15, -0.1) is 0 Å². The number of benzene rings is 1. The Morgan fingerprint density at radius 3 is 2.59 bits per heavy atom. The van der Waals surface area contributed by atoms with E-state index in [0.717, 1.165) is 55.8 Å². The normalized spacial score (nSPS) is 21.6. The Labute approximate surface area is 233 Å². The number of hydrogen-bond donors (Lipinski definition) is 1. The molecule has 214 valence electrons. The molecule has 1 N–H and O–H groups in total. The first kappa shape index (κ1) is 29.9. The Hall–Kier alpha value is -2.10. The molecule has 9 heteroatoms. The molecule has 5 nitrogen and oxygen atoms in total. The van der Waals surface area contributed by atoms with E-state index < -0.39 is 11.7 Å². The zero-order chi connectivity index (χ0) is 28.0. The number of nitrogens with zero attached hydrogens (tertiary/aromatic N) is 2. The summed E-state index contributed by atoms with van der Waals surface area (Å²) in [5, 5.41) is 4.21. The number of unbranched alkanes of at least 4 members (excludes halogenated alkanes) is 6. The van der Waals surface area contributed by atoms with Crippen molar-refractivity contribution in [3.05, 3.63) is 52.9 Å². The van der Waals surface area contributed by atoms with E-state index in [1.807, 2.05) is 19.9 Å². The van der Waals surface area contributed by atoms with Crippen molar-refractivity contribution >= 4 is 27.8 Å². The second kappa shape index (κ2) is 13.5. The van der Waals surface area contributed by atoms with Crippen LogP contribution in [-0.4, -0.2) is 46.1 Å². The summed E-state index contributed by atoms with van der Waals surface area (Å²) in [6, 6.07) is 5.62. The van der Waals surface area contributed by atoms with Crippen molar-refractivity contribution in [1.82, 2.24) is 15.2 Å². The van der Waals surface area contributed by atoms with Crippen molar-refractivity contribution in [3.63, 3.8) is 0 Å². The third-order valence-corrected chi connectivity index (χ3v) is 8.85. The van der Waals surface area contributed by atoms with E-state index in [4.69, 9.17) is 4.74 Å². The molecular formula is C30H40F3N3O2S. The predicted molar refractivity (Wildman–Crippen MR) is 151 cm³/mol. The van der Waals surface area contributed by atoms with Gasteiger partial charge in [-0.05, 0) is 50.5 Å². The highest BCUT2D eigenvalue weighted by atomic mass is 32.2. The third kappa shape index (κ3) is 7.35. The topological polar surface area (TPSA) is 54.5 Å². The Morgan fingerprint density at radius 2 is 1.90 bits per heavy atom. The van der Waals surface area contributed by atoms with Gasteiger partial charge in [0.15, 0.2) is 6.23 Å². The molecule has 3 unspecified atom stereocenters. The minimum atomic E-state index is -4.42. The number of nitrogens with one attached hydrogen (secondary N) is 1. The van der Waals surface area contributed by atoms with E-state index in [2.05, 4.69) is 22.1 Å². The lowest BCUT2D eigenvalue weighted by Crippen LogP contribution is -2.51. The van der Waals surface area contributed by atoms with Crippen LogP contribution in [0.25, 0.3) is 10.9 Å². The van der Waals surface area contributed by atoms with Crippen molar-refractivity contribution in [2.24, 2.45) is 0 Å². The molecule has 0 saturated carbocycles. The van der Waals surface area contributed by atoms with Crippen LogP contribution in [0.4, 0.5) is 13.2 Å². The first-order valence-electron chi connectivity index (χ1n) is 14.2. The summed E-state index contributed by atoms with van der Waals surface area (Å²) in [7, 11) is 0. The molecule has 0 aliphatic carbocycles. The van der Waals surface area contributed by atoms with E-state index in [0.29, 0.717) is 23.0 Å². The Kier molecular flexibility index (Phi) is 10.3. The molecule has 39 heavy (non-hydrogen) atoms. The summed E-state index contributed by atoms with van der Waals surface area (Å²) < 4.78 is 46.8. The van der Waals surface area contributed by atoms with Gasteiger partial charge in [0.2, 0.25) is 5.12 Å². The zero-order valence-corrected chi connectivity index (χ0v) is 24.0. The second-order valence-corrected chi connectivity index (χ2v) is 11.9. The SMILES string of the molecule is CCCCCCCCCC(OC1=C(C)C(=O)SC1C)N1CCNCC1c1ccnc2cc(C(F)(F)F)ccc12. The maximum atomic E-state index is 13.4. The van der Waals surface area contributed by atoms with Crippen molar-refractivity contribution in [1.29, 1.82) is 0 Å². The first-order valence-corrected chi connectivity index (χ1v) is 15.1. The van der Waals surface area contributed by atoms with Gasteiger partial charge in [-0.2, -0.15) is 13.2 Å². The monoisotopic (exact) mass is 563 g/mol. The summed E-state index contributed by atoms with van der Waals surface area (Å²) >= 11 is 1.30. The number of pyridine rings is 1. The third-order valence-electron chi connectivity index (χ3n) is 7.76. The molecule has 1 aromatic heterocycles. The number of alkyl halides is 3. The van der Waals surface area contributed by atoms with Gasteiger partial charge in [-0.1, -0.05) is 63.3 Å². The van der Waals surface area contributed by atoms with Crippen LogP contribution in [-0.2, 0) is 15.7 Å². The Balaban J connectivity index is 1.60. The highest BCUT2D eigenvalue weighted by molar-refractivity contribution is 8.15. The van der Waals surface area contributed by atoms with E-state index in [-0.39, 0.29) is 22.6 Å². The average molecular weight is 564 g/mol. The van der Waals surface area contributed by atoms with Crippen LogP contribution in [0.15, 0.2) is 41.8 Å². The molecule has 0 spiro atoms. The van der Waals surface area contributed by atoms with Gasteiger partial charge in [0.05, 0.1) is 22.4 Å². The van der Waals surface area contributed by atoms with Gasteiger partial charge < -0.3 is 10.1 Å². The number of halogens is 3. The summed E-state index contributed by atoms with van der Waals surface area (Å²) in [5.41, 5.74) is 1.25. The molecule has 0 amide bonds. The highest BCUT2D eigenvalue weighted by Gasteiger charge is 2.37. The van der Waals surface area contributed by atoms with E-state index >= 15 is 0 Å². The smallest absolute Gasteiger partial charge is 0.416 e. The van der Waals surface area contributed by atoms with Gasteiger partial charge in [-0.3, -0.25) is 14.7 Å². The molecule has 4 rings (SSSR count). The van der Waals surface area contributed by atoms with Crippen molar-refractivity contribution < 1.29 is 22.7 Å². The number of thioether (sulfide) groups is 1. The highest BCUT2D eigenvalue weighted by Crippen LogP contribution is 2.39. The molecule has 3 heterocycles. The number of ether oxygens (including phenoxy) is 1. The van der Waals surface area contributed by atoms with Gasteiger partial charge in [0.1, 0.15) is 5.76 Å². The summed E-state index contributed by atoms with van der Waals surface area (Å²) in [4.78, 5) is 19.0. The van der Waals surface area contributed by atoms with E-state index in [1.165, 1.54) is 43.9 Å². The number of carbonyl (C=O) groups excluding carboxylic acids is 1. The number of piperazine rings is 1. The maximum absolute atomic E-state index is 13.4. The molecule has 1 saturated heterocycles. The number of hydrogen-bond acceptors (Lipinski definition) is 6. The fraction of sp³-hybridized carbons (Fsp3) is 0.600. The number of aromatic nitrogens is 1. The molecule has 2 aliphatic rings. The molecule has 0 bridgehead atoms. The summed E-state index contributed by atoms with van der Waals surface area (Å²) in [5.74, 6) is 0.754. The van der Waals surface area contributed by atoms with Crippen molar-refractivity contribution in [3.8, 4) is 0 Å². The fourth-order valence-electron chi connectivity index (χ4n) is 5.60. The quantitative estimate of drug-likeness (QED) is 0.268. The van der Waals surface area contributed by atoms with Crippen LogP contribution in [0.3, 0.4) is 0 Å². The van der Waals surface area contributed by atoms with Gasteiger partial charge >= 0.3 is 6.18 Å². The molecule has 2 aliphatic heterocycles. The van der Waals surface area contributed by atoms with E-state index in [1.54, 1.807) is 12.3 Å². The molecule has 3 atom stereocenters. The molecular weight excluding hydrogens is 523 g/mol. The van der Waals surface area contributed by atoms with Crippen molar-refractivity contribution in [2.45, 2.75) is 95.8 Å². The Morgan fingerprint density at radius 1 is 1.15 bits per heavy atom. The lowest BCUT2D eigenvalue weighted by atomic mass is 9.97. The van der Waals surface area contributed by atoms with E-state index in [9.17, 15) is 18.0 Å². The minimum absolute atomic E-state index is 0.0297. The standard InChI is InChI=1S/C30H40F3N3O2S/c1-4-5-6-7-8-9-10-11-27(38-28-20(2)29(37)39-21(28)3)36-17-16-34-19-26(36)24-14-15-35-25-18-22(30(31,32)33)12-13-23(24)25/h12-15,18,21,26-27,34H,4-11,16-17,19H2,1-3H3. The lowest BCUT2D eigenvalue weighted by Gasteiger charge is -2.42. The number of fused-ring (bicyclic) bond motifs is 1. The number of rotatable bonds is 12. The van der Waals surface area contributed by atoms with Crippen LogP contribution >= 0.6 is 11.8 Å².